The number of carbonyl (C=O) groups is 2. The fourth-order valence-electron chi connectivity index (χ4n) is 6.53. The van der Waals surface area contributed by atoms with Crippen LogP contribution < -0.4 is 10.6 Å². The minimum Gasteiger partial charge on any atom is -0.373 e. The number of carbonyl (C=O) groups excluding carboxylic acids is 2. The third kappa shape index (κ3) is 6.10. The molecule has 0 saturated carbocycles. The second-order valence-corrected chi connectivity index (χ2v) is 15.8. The first-order valence-electron chi connectivity index (χ1n) is 14.5. The van der Waals surface area contributed by atoms with Gasteiger partial charge in [-0.2, -0.15) is 4.31 Å². The van der Waals surface area contributed by atoms with Gasteiger partial charge in [-0.05, 0) is 97.1 Å². The lowest BCUT2D eigenvalue weighted by atomic mass is 9.81. The molecule has 2 aromatic rings. The van der Waals surface area contributed by atoms with Crippen molar-refractivity contribution in [1.82, 2.24) is 14.5 Å². The number of rotatable bonds is 5. The quantitative estimate of drug-likeness (QED) is 0.519. The largest absolute Gasteiger partial charge is 0.373 e. The molecular weight excluding hydrogens is 560 g/mol. The molecule has 1 aromatic heterocycles. The van der Waals surface area contributed by atoms with E-state index in [2.05, 4.69) is 38.3 Å². The number of sulfonamides is 1. The third-order valence-electron chi connectivity index (χ3n) is 8.07. The zero-order valence-electron chi connectivity index (χ0n) is 24.9. The number of amides is 2. The third-order valence-corrected chi connectivity index (χ3v) is 11.4. The first kappa shape index (κ1) is 30.2. The second-order valence-electron chi connectivity index (χ2n) is 12.8. The van der Waals surface area contributed by atoms with Gasteiger partial charge in [-0.3, -0.25) is 9.59 Å². The van der Waals surface area contributed by atoms with Crippen molar-refractivity contribution < 1.29 is 22.7 Å². The van der Waals surface area contributed by atoms with Crippen molar-refractivity contribution in [3.05, 3.63) is 45.8 Å². The van der Waals surface area contributed by atoms with E-state index in [4.69, 9.17) is 4.74 Å². The Hall–Kier alpha value is -2.31. The zero-order valence-corrected chi connectivity index (χ0v) is 26.5. The van der Waals surface area contributed by atoms with Crippen LogP contribution in [0.25, 0.3) is 0 Å². The van der Waals surface area contributed by atoms with Crippen LogP contribution in [0.5, 0.6) is 0 Å². The van der Waals surface area contributed by atoms with Crippen molar-refractivity contribution in [3.8, 4) is 0 Å². The maximum Gasteiger partial charge on any atom is 0.257 e. The minimum absolute atomic E-state index is 0.0265. The first-order valence-corrected chi connectivity index (χ1v) is 16.8. The number of ether oxygens (including phenoxy) is 1. The smallest absolute Gasteiger partial charge is 0.257 e. The molecule has 3 aliphatic heterocycles. The molecule has 2 saturated heterocycles. The lowest BCUT2D eigenvalue weighted by molar-refractivity contribution is -0.0440. The van der Waals surface area contributed by atoms with Gasteiger partial charge in [0, 0.05) is 47.7 Å². The highest BCUT2D eigenvalue weighted by molar-refractivity contribution is 7.89. The second kappa shape index (κ2) is 11.1. The van der Waals surface area contributed by atoms with E-state index in [1.807, 2.05) is 18.7 Å². The molecule has 0 bridgehead atoms. The maximum absolute atomic E-state index is 13.9. The Labute approximate surface area is 247 Å². The Kier molecular flexibility index (Phi) is 8.14. The number of fused-ring (bicyclic) bond motifs is 1. The highest BCUT2D eigenvalue weighted by Gasteiger charge is 2.42. The van der Waals surface area contributed by atoms with Gasteiger partial charge in [0.1, 0.15) is 5.00 Å². The standard InChI is InChI=1S/C30H42N4O5S2/c1-19-17-34(18-20(2)39-19)41(37,38)22-12-10-21(11-13-22)26(35)31-27-24(28(36)33-14-8-7-9-15-33)23-16-29(3,4)32-30(5,6)25(23)40-27/h10-13,19-20,32H,7-9,14-18H2,1-6H3,(H,31,35). The molecule has 2 fully saturated rings. The molecule has 2 atom stereocenters. The Morgan fingerprint density at radius 1 is 1.00 bits per heavy atom. The van der Waals surface area contributed by atoms with E-state index in [1.165, 1.54) is 39.9 Å². The van der Waals surface area contributed by atoms with Crippen LogP contribution >= 0.6 is 11.3 Å². The summed E-state index contributed by atoms with van der Waals surface area (Å²) in [5, 5.41) is 7.27. The van der Waals surface area contributed by atoms with Gasteiger partial charge in [0.15, 0.2) is 0 Å². The molecular formula is C30H42N4O5S2. The summed E-state index contributed by atoms with van der Waals surface area (Å²) in [6.45, 7) is 14.2. The molecule has 0 spiro atoms. The first-order chi connectivity index (χ1) is 19.2. The van der Waals surface area contributed by atoms with E-state index in [0.717, 1.165) is 42.8 Å². The predicted molar refractivity (Wildman–Crippen MR) is 161 cm³/mol. The van der Waals surface area contributed by atoms with Crippen molar-refractivity contribution >= 4 is 38.2 Å². The van der Waals surface area contributed by atoms with Gasteiger partial charge in [0.25, 0.3) is 11.8 Å². The number of hydrogen-bond acceptors (Lipinski definition) is 7. The van der Waals surface area contributed by atoms with Crippen LogP contribution in [0.15, 0.2) is 29.2 Å². The number of morpholine rings is 1. The number of hydrogen-bond donors (Lipinski definition) is 2. The Morgan fingerprint density at radius 3 is 2.22 bits per heavy atom. The summed E-state index contributed by atoms with van der Waals surface area (Å²) in [6, 6.07) is 6.02. The van der Waals surface area contributed by atoms with E-state index in [-0.39, 0.29) is 53.1 Å². The van der Waals surface area contributed by atoms with Crippen LogP contribution in [0.2, 0.25) is 0 Å². The van der Waals surface area contributed by atoms with Crippen LogP contribution in [-0.4, -0.2) is 73.4 Å². The van der Waals surface area contributed by atoms with Gasteiger partial charge < -0.3 is 20.3 Å². The minimum atomic E-state index is -3.72. The Morgan fingerprint density at radius 2 is 1.61 bits per heavy atom. The number of anilines is 1. The van der Waals surface area contributed by atoms with E-state index in [1.54, 1.807) is 0 Å². The maximum atomic E-state index is 13.9. The van der Waals surface area contributed by atoms with Gasteiger partial charge in [-0.1, -0.05) is 0 Å². The summed E-state index contributed by atoms with van der Waals surface area (Å²) in [7, 11) is -3.72. The van der Waals surface area contributed by atoms with Gasteiger partial charge in [0.05, 0.1) is 22.7 Å². The molecule has 11 heteroatoms. The molecule has 1 aromatic carbocycles. The van der Waals surface area contributed by atoms with Crippen molar-refractivity contribution in [2.45, 2.75) is 95.4 Å². The van der Waals surface area contributed by atoms with E-state index in [0.29, 0.717) is 22.5 Å². The number of thiophene rings is 1. The monoisotopic (exact) mass is 602 g/mol. The Bertz CT molecular complexity index is 1420. The zero-order chi connectivity index (χ0) is 29.7. The van der Waals surface area contributed by atoms with Crippen molar-refractivity contribution in [3.63, 3.8) is 0 Å². The summed E-state index contributed by atoms with van der Waals surface area (Å²) in [5.74, 6) is -0.403. The molecule has 5 rings (SSSR count). The molecule has 41 heavy (non-hydrogen) atoms. The van der Waals surface area contributed by atoms with Gasteiger partial charge in [0.2, 0.25) is 10.0 Å². The summed E-state index contributed by atoms with van der Waals surface area (Å²) in [6.07, 6.45) is 3.38. The van der Waals surface area contributed by atoms with Crippen LogP contribution in [-0.2, 0) is 26.7 Å². The highest BCUT2D eigenvalue weighted by atomic mass is 32.2. The lowest BCUT2D eigenvalue weighted by Crippen LogP contribution is -2.55. The van der Waals surface area contributed by atoms with Crippen molar-refractivity contribution in [2.24, 2.45) is 0 Å². The molecule has 2 unspecified atom stereocenters. The van der Waals surface area contributed by atoms with E-state index < -0.39 is 10.0 Å². The van der Waals surface area contributed by atoms with E-state index in [9.17, 15) is 18.0 Å². The fraction of sp³-hybridized carbons (Fsp3) is 0.600. The lowest BCUT2D eigenvalue weighted by Gasteiger charge is -2.42. The molecule has 2 amide bonds. The summed E-state index contributed by atoms with van der Waals surface area (Å²) < 4.78 is 33.7. The molecule has 4 heterocycles. The topological polar surface area (TPSA) is 108 Å². The molecule has 0 radical (unpaired) electrons. The SMILES string of the molecule is CC1CN(S(=O)(=O)c2ccc(C(=O)Nc3sc4c(c3C(=O)N3CCCCC3)CC(C)(C)NC4(C)C)cc2)CC(C)O1. The van der Waals surface area contributed by atoms with Gasteiger partial charge in [-0.15, -0.1) is 11.3 Å². The molecule has 0 aliphatic carbocycles. The van der Waals surface area contributed by atoms with E-state index >= 15 is 0 Å². The highest BCUT2D eigenvalue weighted by Crippen LogP contribution is 2.45. The number of nitrogens with zero attached hydrogens (tertiary/aromatic N) is 2. The molecule has 224 valence electrons. The van der Waals surface area contributed by atoms with Gasteiger partial charge >= 0.3 is 0 Å². The van der Waals surface area contributed by atoms with Gasteiger partial charge in [-0.25, -0.2) is 8.42 Å². The number of benzene rings is 1. The van der Waals surface area contributed by atoms with Crippen LogP contribution in [0.4, 0.5) is 5.00 Å². The van der Waals surface area contributed by atoms with Crippen LogP contribution in [0.1, 0.15) is 92.0 Å². The van der Waals surface area contributed by atoms with Crippen molar-refractivity contribution in [2.75, 3.05) is 31.5 Å². The molecule has 3 aliphatic rings. The molecule has 2 N–H and O–H groups in total. The van der Waals surface area contributed by atoms with Crippen LogP contribution in [0, 0.1) is 0 Å². The average Bonchev–Trinajstić information content (AvgIpc) is 3.25. The average molecular weight is 603 g/mol. The Balaban J connectivity index is 1.43. The predicted octanol–water partition coefficient (Wildman–Crippen LogP) is 4.58. The number of piperidine rings is 1. The molecule has 9 nitrogen and oxygen atoms in total. The fourth-order valence-corrected chi connectivity index (χ4v) is 9.38. The summed E-state index contributed by atoms with van der Waals surface area (Å²) in [5.41, 5.74) is 1.34. The normalized spacial score (nSPS) is 24.5. The van der Waals surface area contributed by atoms with Crippen molar-refractivity contribution in [1.29, 1.82) is 0 Å². The van der Waals surface area contributed by atoms with Crippen LogP contribution in [0.3, 0.4) is 0 Å². The number of nitrogens with one attached hydrogen (secondary N) is 2. The summed E-state index contributed by atoms with van der Waals surface area (Å²) in [4.78, 5) is 30.5. The number of likely N-dealkylation sites (tertiary alicyclic amines) is 1. The summed E-state index contributed by atoms with van der Waals surface area (Å²) >= 11 is 1.46.